The number of anilines is 1. The van der Waals surface area contributed by atoms with Crippen LogP contribution in [0.15, 0.2) is 11.0 Å². The summed E-state index contributed by atoms with van der Waals surface area (Å²) in [5.41, 5.74) is 4.80. The lowest BCUT2D eigenvalue weighted by Gasteiger charge is -2.14. The van der Waals surface area contributed by atoms with Gasteiger partial charge in [-0.1, -0.05) is 17.5 Å². The third-order valence-electron chi connectivity index (χ3n) is 2.14. The molecule has 0 bridgehead atoms. The Morgan fingerprint density at radius 1 is 1.78 bits per heavy atom. The summed E-state index contributed by atoms with van der Waals surface area (Å²) in [6.07, 6.45) is 6.53. The van der Waals surface area contributed by atoms with Crippen LogP contribution in [0.4, 0.5) is 5.69 Å². The Labute approximate surface area is 109 Å². The molecule has 0 saturated heterocycles. The summed E-state index contributed by atoms with van der Waals surface area (Å²) in [6, 6.07) is -0.311. The molecule has 0 saturated carbocycles. The molecule has 0 aliphatic carbocycles. The van der Waals surface area contributed by atoms with Gasteiger partial charge in [0.25, 0.3) is 5.56 Å². The number of amides is 1. The van der Waals surface area contributed by atoms with E-state index in [0.717, 1.165) is 4.68 Å². The van der Waals surface area contributed by atoms with E-state index in [4.69, 9.17) is 23.8 Å². The summed E-state index contributed by atoms with van der Waals surface area (Å²) < 4.78 is 1.10. The zero-order valence-electron chi connectivity index (χ0n) is 9.81. The molecule has 1 unspecified atom stereocenters. The van der Waals surface area contributed by atoms with E-state index in [1.165, 1.54) is 6.20 Å². The fourth-order valence-corrected chi connectivity index (χ4v) is 1.58. The van der Waals surface area contributed by atoms with E-state index >= 15 is 0 Å². The molecule has 0 fully saturated rings. The lowest BCUT2D eigenvalue weighted by atomic mass is 10.2. The second-order valence-corrected chi connectivity index (χ2v) is 4.16. The van der Waals surface area contributed by atoms with E-state index in [2.05, 4.69) is 16.3 Å². The summed E-state index contributed by atoms with van der Waals surface area (Å²) in [5.74, 6) is 1.84. The number of nitrogens with one attached hydrogen (secondary N) is 1. The van der Waals surface area contributed by atoms with Crippen molar-refractivity contribution in [3.8, 4) is 12.3 Å². The average molecular weight is 269 g/mol. The van der Waals surface area contributed by atoms with Crippen molar-refractivity contribution in [1.82, 2.24) is 9.78 Å². The van der Waals surface area contributed by atoms with Gasteiger partial charge in [-0.15, -0.1) is 6.42 Å². The highest BCUT2D eigenvalue weighted by molar-refractivity contribution is 6.33. The number of nitrogens with two attached hydrogens (primary N) is 1. The Hall–Kier alpha value is -2.00. The number of hydrogen-bond donors (Lipinski definition) is 2. The first kappa shape index (κ1) is 14.1. The lowest BCUT2D eigenvalue weighted by Crippen LogP contribution is -2.30. The van der Waals surface area contributed by atoms with Gasteiger partial charge in [-0.2, -0.15) is 5.10 Å². The van der Waals surface area contributed by atoms with Crippen LogP contribution in [0.5, 0.6) is 0 Å². The molecular formula is C11H13ClN4O2. The fourth-order valence-electron chi connectivity index (χ4n) is 1.40. The smallest absolute Gasteiger partial charge is 0.292 e. The predicted molar refractivity (Wildman–Crippen MR) is 69.2 cm³/mol. The van der Waals surface area contributed by atoms with Gasteiger partial charge in [0, 0.05) is 12.5 Å². The van der Waals surface area contributed by atoms with E-state index in [1.807, 2.05) is 0 Å². The number of hydrogen-bond acceptors (Lipinski definition) is 4. The number of aromatic nitrogens is 2. The molecule has 1 heterocycles. The zero-order valence-corrected chi connectivity index (χ0v) is 10.6. The highest BCUT2D eigenvalue weighted by Gasteiger charge is 2.13. The number of carbonyl (C=O) groups excluding carboxylic acids is 1. The Kier molecular flexibility index (Phi) is 4.75. The molecule has 1 aromatic heterocycles. The minimum atomic E-state index is -0.468. The Bertz CT molecular complexity index is 547. The highest BCUT2D eigenvalue weighted by Crippen LogP contribution is 2.16. The normalized spacial score (nSPS) is 11.6. The Balaban J connectivity index is 3.01. The molecule has 0 aliphatic rings. The van der Waals surface area contributed by atoms with Crippen LogP contribution in [0.3, 0.4) is 0 Å². The Morgan fingerprint density at radius 2 is 2.44 bits per heavy atom. The average Bonchev–Trinajstić information content (AvgIpc) is 2.27. The number of nitrogens with zero attached hydrogens (tertiary/aromatic N) is 2. The van der Waals surface area contributed by atoms with E-state index in [1.54, 1.807) is 6.92 Å². The zero-order chi connectivity index (χ0) is 13.7. The molecule has 0 aliphatic heterocycles. The molecule has 7 heteroatoms. The topological polar surface area (TPSA) is 90.0 Å². The number of carbonyl (C=O) groups is 1. The van der Waals surface area contributed by atoms with Crippen molar-refractivity contribution in [3.05, 3.63) is 21.6 Å². The predicted octanol–water partition coefficient (Wildman–Crippen LogP) is 0.206. The molecule has 3 N–H and O–H groups in total. The van der Waals surface area contributed by atoms with Crippen LogP contribution in [-0.4, -0.2) is 21.7 Å². The summed E-state index contributed by atoms with van der Waals surface area (Å²) in [5, 5.41) is 6.80. The van der Waals surface area contributed by atoms with Crippen LogP contribution in [0.2, 0.25) is 5.02 Å². The number of halogens is 1. The van der Waals surface area contributed by atoms with E-state index < -0.39 is 11.5 Å². The monoisotopic (exact) mass is 268 g/mol. The van der Waals surface area contributed by atoms with Gasteiger partial charge >= 0.3 is 0 Å². The van der Waals surface area contributed by atoms with Gasteiger partial charge in [-0.05, 0) is 6.92 Å². The molecular weight excluding hydrogens is 256 g/mol. The number of primary amides is 1. The van der Waals surface area contributed by atoms with E-state index in [-0.39, 0.29) is 29.7 Å². The highest BCUT2D eigenvalue weighted by atomic mass is 35.5. The van der Waals surface area contributed by atoms with Gasteiger partial charge < -0.3 is 11.1 Å². The van der Waals surface area contributed by atoms with Gasteiger partial charge in [0.15, 0.2) is 0 Å². The lowest BCUT2D eigenvalue weighted by molar-refractivity contribution is -0.118. The third kappa shape index (κ3) is 3.50. The van der Waals surface area contributed by atoms with Gasteiger partial charge in [0.05, 0.1) is 11.2 Å². The first-order valence-electron chi connectivity index (χ1n) is 5.19. The maximum Gasteiger partial charge on any atom is 0.292 e. The summed E-state index contributed by atoms with van der Waals surface area (Å²) >= 11 is 5.88. The second kappa shape index (κ2) is 6.07. The molecule has 18 heavy (non-hydrogen) atoms. The van der Waals surface area contributed by atoms with Crippen LogP contribution in [0, 0.1) is 12.3 Å². The van der Waals surface area contributed by atoms with E-state index in [0.29, 0.717) is 0 Å². The molecule has 6 nitrogen and oxygen atoms in total. The van der Waals surface area contributed by atoms with Gasteiger partial charge in [-0.3, -0.25) is 9.59 Å². The van der Waals surface area contributed by atoms with Crippen molar-refractivity contribution in [3.63, 3.8) is 0 Å². The molecule has 0 radical (unpaired) electrons. The number of rotatable bonds is 5. The molecule has 96 valence electrons. The van der Waals surface area contributed by atoms with Crippen LogP contribution in [0.25, 0.3) is 0 Å². The summed E-state index contributed by atoms with van der Waals surface area (Å²) in [4.78, 5) is 22.7. The summed E-state index contributed by atoms with van der Waals surface area (Å²) in [7, 11) is 0. The Morgan fingerprint density at radius 3 is 3.00 bits per heavy atom. The molecule has 1 rings (SSSR count). The third-order valence-corrected chi connectivity index (χ3v) is 2.42. The SMILES string of the molecule is C#CCn1ncc(Cl)c(NC(C)CC(N)=O)c1=O. The fraction of sp³-hybridized carbons (Fsp3) is 0.364. The quantitative estimate of drug-likeness (QED) is 0.747. The molecule has 0 spiro atoms. The molecule has 1 atom stereocenters. The van der Waals surface area contributed by atoms with Gasteiger partial charge in [-0.25, -0.2) is 4.68 Å². The minimum Gasteiger partial charge on any atom is -0.376 e. The standard InChI is InChI=1S/C11H13ClN4O2/c1-3-4-16-11(18)10(8(12)6-14-16)15-7(2)5-9(13)17/h1,6-7,15H,4-5H2,2H3,(H2,13,17). The maximum absolute atomic E-state index is 11.9. The molecule has 0 aromatic carbocycles. The summed E-state index contributed by atoms with van der Waals surface area (Å²) in [6.45, 7) is 1.77. The van der Waals surface area contributed by atoms with Crippen LogP contribution < -0.4 is 16.6 Å². The van der Waals surface area contributed by atoms with Gasteiger partial charge in [0.1, 0.15) is 12.2 Å². The van der Waals surface area contributed by atoms with Crippen molar-refractivity contribution < 1.29 is 4.79 Å². The first-order valence-corrected chi connectivity index (χ1v) is 5.57. The van der Waals surface area contributed by atoms with Crippen LogP contribution >= 0.6 is 11.6 Å². The molecule has 1 aromatic rings. The van der Waals surface area contributed by atoms with Crippen LogP contribution in [-0.2, 0) is 11.3 Å². The minimum absolute atomic E-state index is 0.0505. The van der Waals surface area contributed by atoms with Crippen molar-refractivity contribution in [1.29, 1.82) is 0 Å². The maximum atomic E-state index is 11.9. The second-order valence-electron chi connectivity index (χ2n) is 3.75. The van der Waals surface area contributed by atoms with Crippen molar-refractivity contribution >= 4 is 23.2 Å². The van der Waals surface area contributed by atoms with Gasteiger partial charge in [0.2, 0.25) is 5.91 Å². The van der Waals surface area contributed by atoms with Crippen molar-refractivity contribution in [2.45, 2.75) is 25.9 Å². The van der Waals surface area contributed by atoms with Crippen LogP contribution in [0.1, 0.15) is 13.3 Å². The number of terminal acetylenes is 1. The molecule has 1 amide bonds. The van der Waals surface area contributed by atoms with Crippen molar-refractivity contribution in [2.24, 2.45) is 5.73 Å². The van der Waals surface area contributed by atoms with Crippen molar-refractivity contribution in [2.75, 3.05) is 5.32 Å². The van der Waals surface area contributed by atoms with E-state index in [9.17, 15) is 9.59 Å². The first-order chi connectivity index (χ1) is 8.45. The largest absolute Gasteiger partial charge is 0.376 e.